The highest BCUT2D eigenvalue weighted by atomic mass is 32.1. The Balaban J connectivity index is 1.30. The number of para-hydroxylation sites is 1. The molecule has 6 aromatic rings. The zero-order valence-electron chi connectivity index (χ0n) is 22.2. The quantitative estimate of drug-likeness (QED) is 0.183. The molecular weight excluding hydrogens is 528 g/mol. The Morgan fingerprint density at radius 1 is 0.756 bits per heavy atom. The van der Waals surface area contributed by atoms with Crippen LogP contribution in [0.2, 0.25) is 0 Å². The Bertz CT molecular complexity index is 1720. The van der Waals surface area contributed by atoms with Crippen LogP contribution >= 0.6 is 11.3 Å². The summed E-state index contributed by atoms with van der Waals surface area (Å²) in [6.45, 7) is 0. The highest BCUT2D eigenvalue weighted by Gasteiger charge is 2.29. The monoisotopic (exact) mass is 556 g/mol. The number of amides is 2. The molecule has 0 aliphatic heterocycles. The summed E-state index contributed by atoms with van der Waals surface area (Å²) in [5.41, 5.74) is 5.40. The van der Waals surface area contributed by atoms with Crippen molar-refractivity contribution in [2.45, 2.75) is 18.4 Å². The summed E-state index contributed by atoms with van der Waals surface area (Å²) in [7, 11) is 0. The summed E-state index contributed by atoms with van der Waals surface area (Å²) in [5.74, 6) is -1.14. The number of fused-ring (bicyclic) bond motifs is 1. The third-order valence-corrected chi connectivity index (χ3v) is 7.82. The highest BCUT2D eigenvalue weighted by molar-refractivity contribution is 7.14. The van der Waals surface area contributed by atoms with Crippen LogP contribution in [0.4, 0.5) is 5.13 Å². The fourth-order valence-corrected chi connectivity index (χ4v) is 5.76. The number of aromatic nitrogens is 2. The number of benzene rings is 4. The second-order valence-corrected chi connectivity index (χ2v) is 10.6. The van der Waals surface area contributed by atoms with Crippen molar-refractivity contribution in [2.75, 3.05) is 5.32 Å². The number of anilines is 1. The number of hydrogen-bond donors (Lipinski definition) is 3. The van der Waals surface area contributed by atoms with Gasteiger partial charge in [0.1, 0.15) is 6.04 Å². The normalized spacial score (nSPS) is 11.8. The van der Waals surface area contributed by atoms with E-state index in [9.17, 15) is 9.59 Å². The molecule has 3 N–H and O–H groups in total. The van der Waals surface area contributed by atoms with Crippen molar-refractivity contribution in [3.05, 3.63) is 144 Å². The number of carbonyl (C=O) groups is 2. The first kappa shape index (κ1) is 26.2. The van der Waals surface area contributed by atoms with Crippen molar-refractivity contribution >= 4 is 39.2 Å². The Hall–Kier alpha value is -5.01. The first-order valence-corrected chi connectivity index (χ1v) is 14.3. The first-order valence-electron chi connectivity index (χ1n) is 13.4. The van der Waals surface area contributed by atoms with Crippen LogP contribution in [0.3, 0.4) is 0 Å². The summed E-state index contributed by atoms with van der Waals surface area (Å²) in [6.07, 6.45) is 2.22. The summed E-state index contributed by atoms with van der Waals surface area (Å²) >= 11 is 1.36. The van der Waals surface area contributed by atoms with Crippen molar-refractivity contribution < 1.29 is 9.59 Å². The number of nitrogens with one attached hydrogen (secondary N) is 3. The topological polar surface area (TPSA) is 86.9 Å². The Morgan fingerprint density at radius 3 is 2.05 bits per heavy atom. The maximum absolute atomic E-state index is 14.0. The van der Waals surface area contributed by atoms with E-state index in [2.05, 4.69) is 20.6 Å². The molecule has 0 aliphatic rings. The molecule has 0 aliphatic carbocycles. The summed E-state index contributed by atoms with van der Waals surface area (Å²) in [4.78, 5) is 35.7. The van der Waals surface area contributed by atoms with Gasteiger partial charge >= 0.3 is 0 Å². The largest absolute Gasteiger partial charge is 0.361 e. The first-order chi connectivity index (χ1) is 20.2. The molecule has 4 aromatic carbocycles. The van der Waals surface area contributed by atoms with Crippen molar-refractivity contribution in [2.24, 2.45) is 0 Å². The van der Waals surface area contributed by atoms with Crippen LogP contribution in [0, 0.1) is 0 Å². The van der Waals surface area contributed by atoms with Gasteiger partial charge in [0.15, 0.2) is 5.13 Å². The third-order valence-electron chi connectivity index (χ3n) is 7.06. The predicted octanol–water partition coefficient (Wildman–Crippen LogP) is 6.79. The minimum atomic E-state index is -0.833. The van der Waals surface area contributed by atoms with Gasteiger partial charge in [-0.25, -0.2) is 4.98 Å². The van der Waals surface area contributed by atoms with Crippen LogP contribution in [-0.4, -0.2) is 27.8 Å². The SMILES string of the molecule is O=C(N[C@@H](Cc1c[nH]c2ccccc12)C(=O)Nc1nc(-c2ccccc2)cs1)C(c1ccccc1)c1ccccc1. The predicted molar refractivity (Wildman–Crippen MR) is 165 cm³/mol. The molecule has 2 aromatic heterocycles. The van der Waals surface area contributed by atoms with E-state index < -0.39 is 12.0 Å². The molecule has 0 fully saturated rings. The molecule has 2 amide bonds. The van der Waals surface area contributed by atoms with Crippen LogP contribution in [-0.2, 0) is 16.0 Å². The molecule has 0 spiro atoms. The molecular formula is C34H28N4O2S. The van der Waals surface area contributed by atoms with Gasteiger partial charge in [0.05, 0.1) is 11.6 Å². The number of rotatable bonds is 9. The summed E-state index contributed by atoms with van der Waals surface area (Å²) in [6, 6.07) is 36.2. The fraction of sp³-hybridized carbons (Fsp3) is 0.0882. The van der Waals surface area contributed by atoms with Gasteiger partial charge in [0, 0.05) is 34.5 Å². The average Bonchev–Trinajstić information content (AvgIpc) is 3.66. The Morgan fingerprint density at radius 2 is 1.37 bits per heavy atom. The minimum absolute atomic E-state index is 0.244. The molecule has 0 unspecified atom stereocenters. The van der Waals surface area contributed by atoms with E-state index in [4.69, 9.17) is 0 Å². The Labute approximate surface area is 242 Å². The van der Waals surface area contributed by atoms with E-state index in [-0.39, 0.29) is 11.8 Å². The van der Waals surface area contributed by atoms with Gasteiger partial charge in [-0.1, -0.05) is 109 Å². The zero-order valence-corrected chi connectivity index (χ0v) is 23.0. The van der Waals surface area contributed by atoms with Crippen molar-refractivity contribution in [3.8, 4) is 11.3 Å². The van der Waals surface area contributed by atoms with Crippen LogP contribution in [0.15, 0.2) is 127 Å². The molecule has 0 bridgehead atoms. The average molecular weight is 557 g/mol. The maximum atomic E-state index is 14.0. The molecule has 202 valence electrons. The van der Waals surface area contributed by atoms with Crippen LogP contribution in [0.25, 0.3) is 22.2 Å². The fourth-order valence-electron chi connectivity index (χ4n) is 5.04. The molecule has 6 rings (SSSR count). The number of thiazole rings is 1. The molecule has 0 radical (unpaired) electrons. The lowest BCUT2D eigenvalue weighted by Gasteiger charge is -2.23. The molecule has 7 heteroatoms. The van der Waals surface area contributed by atoms with Crippen molar-refractivity contribution in [3.63, 3.8) is 0 Å². The molecule has 0 saturated carbocycles. The molecule has 0 saturated heterocycles. The van der Waals surface area contributed by atoms with Crippen LogP contribution in [0.1, 0.15) is 22.6 Å². The molecule has 6 nitrogen and oxygen atoms in total. The number of H-pyrrole nitrogens is 1. The van der Waals surface area contributed by atoms with E-state index in [0.29, 0.717) is 11.6 Å². The van der Waals surface area contributed by atoms with E-state index in [0.717, 1.165) is 38.9 Å². The van der Waals surface area contributed by atoms with Crippen LogP contribution < -0.4 is 10.6 Å². The van der Waals surface area contributed by atoms with Gasteiger partial charge in [0.25, 0.3) is 0 Å². The smallest absolute Gasteiger partial charge is 0.249 e. The molecule has 2 heterocycles. The van der Waals surface area contributed by atoms with Gasteiger partial charge in [-0.05, 0) is 22.8 Å². The summed E-state index contributed by atoms with van der Waals surface area (Å²) in [5, 5.41) is 9.46. The van der Waals surface area contributed by atoms with Gasteiger partial charge in [-0.15, -0.1) is 11.3 Å². The van der Waals surface area contributed by atoms with E-state index in [1.165, 1.54) is 11.3 Å². The van der Waals surface area contributed by atoms with E-state index >= 15 is 0 Å². The highest BCUT2D eigenvalue weighted by Crippen LogP contribution is 2.27. The zero-order chi connectivity index (χ0) is 28.0. The van der Waals surface area contributed by atoms with Gasteiger partial charge in [0.2, 0.25) is 11.8 Å². The summed E-state index contributed by atoms with van der Waals surface area (Å²) < 4.78 is 0. The second kappa shape index (κ2) is 12.0. The van der Waals surface area contributed by atoms with Gasteiger partial charge in [-0.3, -0.25) is 9.59 Å². The van der Waals surface area contributed by atoms with Crippen LogP contribution in [0.5, 0.6) is 0 Å². The van der Waals surface area contributed by atoms with Gasteiger partial charge < -0.3 is 15.6 Å². The number of hydrogen-bond acceptors (Lipinski definition) is 4. The van der Waals surface area contributed by atoms with E-state index in [1.807, 2.05) is 127 Å². The van der Waals surface area contributed by atoms with Crippen molar-refractivity contribution in [1.82, 2.24) is 15.3 Å². The number of aromatic amines is 1. The van der Waals surface area contributed by atoms with E-state index in [1.54, 1.807) is 0 Å². The number of carbonyl (C=O) groups excluding carboxylic acids is 2. The Kier molecular flexibility index (Phi) is 7.69. The second-order valence-electron chi connectivity index (χ2n) is 9.77. The minimum Gasteiger partial charge on any atom is -0.361 e. The van der Waals surface area contributed by atoms with Gasteiger partial charge in [-0.2, -0.15) is 0 Å². The number of nitrogens with zero attached hydrogens (tertiary/aromatic N) is 1. The lowest BCUT2D eigenvalue weighted by molar-refractivity contribution is -0.126. The van der Waals surface area contributed by atoms with Crippen molar-refractivity contribution in [1.29, 1.82) is 0 Å². The lowest BCUT2D eigenvalue weighted by atomic mass is 9.90. The lowest BCUT2D eigenvalue weighted by Crippen LogP contribution is -2.47. The standard InChI is InChI=1S/C34H28N4O2S/c39-32(38-34-37-30(22-41-34)23-12-4-1-5-13-23)29(20-26-21-35-28-19-11-10-18-27(26)28)36-33(40)31(24-14-6-2-7-15-24)25-16-8-3-9-17-25/h1-19,21-22,29,31,35H,20H2,(H,36,40)(H,37,38,39)/t29-/m0/s1. The molecule has 41 heavy (non-hydrogen) atoms. The maximum Gasteiger partial charge on any atom is 0.249 e. The third kappa shape index (κ3) is 5.95. The molecule has 1 atom stereocenters.